The third-order valence-corrected chi connectivity index (χ3v) is 1.53. The van der Waals surface area contributed by atoms with Gasteiger partial charge >= 0.3 is 5.69 Å². The van der Waals surface area contributed by atoms with Gasteiger partial charge in [-0.15, -0.1) is 0 Å². The van der Waals surface area contributed by atoms with Crippen LogP contribution in [0.2, 0.25) is 0 Å². The lowest BCUT2D eigenvalue weighted by Gasteiger charge is -2.05. The molecule has 0 saturated heterocycles. The Balaban J connectivity index is 2.64. The number of hydrogen-bond donors (Lipinski definition) is 1. The SMILES string of the molecule is Nc1ccc(OC(Cl)[N+](=O)[O-])cc1. The Hall–Kier alpha value is -1.49. The van der Waals surface area contributed by atoms with Crippen LogP contribution in [0.25, 0.3) is 0 Å². The van der Waals surface area contributed by atoms with Crippen molar-refractivity contribution >= 4 is 17.3 Å². The second kappa shape index (κ2) is 3.95. The summed E-state index contributed by atoms with van der Waals surface area (Å²) in [6.07, 6.45) is 0. The van der Waals surface area contributed by atoms with Crippen LogP contribution >= 0.6 is 11.6 Å². The van der Waals surface area contributed by atoms with Crippen LogP contribution in [0.1, 0.15) is 0 Å². The Kier molecular flexibility index (Phi) is 2.92. The van der Waals surface area contributed by atoms with Gasteiger partial charge in [0.1, 0.15) is 5.75 Å². The number of nitrogen functional groups attached to an aromatic ring is 1. The number of nitro groups is 1. The fourth-order valence-electron chi connectivity index (χ4n) is 0.702. The van der Waals surface area contributed by atoms with E-state index in [2.05, 4.69) is 0 Å². The van der Waals surface area contributed by atoms with Crippen LogP contribution in [0.3, 0.4) is 0 Å². The highest BCUT2D eigenvalue weighted by molar-refractivity contribution is 6.18. The molecule has 1 rings (SSSR count). The number of nitrogens with two attached hydrogens (primary N) is 1. The van der Waals surface area contributed by atoms with Gasteiger partial charge in [0.2, 0.25) is 0 Å². The van der Waals surface area contributed by atoms with E-state index in [1.807, 2.05) is 0 Å². The number of alkyl halides is 1. The van der Waals surface area contributed by atoms with Crippen LogP contribution in [-0.4, -0.2) is 10.6 Å². The molecule has 1 atom stereocenters. The molecule has 0 aliphatic rings. The molecule has 0 aliphatic heterocycles. The summed E-state index contributed by atoms with van der Waals surface area (Å²) >= 11 is 5.24. The summed E-state index contributed by atoms with van der Waals surface area (Å²) in [7, 11) is 0. The first-order valence-electron chi connectivity index (χ1n) is 3.39. The van der Waals surface area contributed by atoms with E-state index in [4.69, 9.17) is 22.1 Å². The highest BCUT2D eigenvalue weighted by Gasteiger charge is 2.16. The van der Waals surface area contributed by atoms with Crippen LogP contribution < -0.4 is 10.5 Å². The van der Waals surface area contributed by atoms with Gasteiger partial charge in [-0.1, -0.05) is 0 Å². The van der Waals surface area contributed by atoms with Crippen molar-refractivity contribution in [1.29, 1.82) is 0 Å². The summed E-state index contributed by atoms with van der Waals surface area (Å²) in [6.45, 7) is 0. The number of rotatable bonds is 3. The maximum atomic E-state index is 10.1. The molecule has 1 aromatic rings. The van der Waals surface area contributed by atoms with Crippen molar-refractivity contribution in [3.05, 3.63) is 34.4 Å². The van der Waals surface area contributed by atoms with Crippen molar-refractivity contribution in [2.45, 2.75) is 5.69 Å². The lowest BCUT2D eigenvalue weighted by atomic mass is 10.3. The maximum Gasteiger partial charge on any atom is 0.435 e. The van der Waals surface area contributed by atoms with Crippen molar-refractivity contribution < 1.29 is 9.66 Å². The molecule has 6 heteroatoms. The number of anilines is 1. The largest absolute Gasteiger partial charge is 0.435 e. The van der Waals surface area contributed by atoms with E-state index in [1.165, 1.54) is 12.1 Å². The Morgan fingerprint density at radius 1 is 1.46 bits per heavy atom. The van der Waals surface area contributed by atoms with Gasteiger partial charge in [-0.25, -0.2) is 0 Å². The molecule has 2 N–H and O–H groups in total. The third kappa shape index (κ3) is 2.79. The highest BCUT2D eigenvalue weighted by atomic mass is 35.5. The monoisotopic (exact) mass is 202 g/mol. The zero-order valence-electron chi connectivity index (χ0n) is 6.51. The van der Waals surface area contributed by atoms with Gasteiger partial charge in [-0.3, -0.25) is 10.1 Å². The van der Waals surface area contributed by atoms with Crippen LogP contribution in [0.4, 0.5) is 5.69 Å². The normalized spacial score (nSPS) is 12.1. The number of halogens is 1. The van der Waals surface area contributed by atoms with E-state index in [0.29, 0.717) is 11.4 Å². The molecule has 0 spiro atoms. The molecule has 1 aromatic carbocycles. The van der Waals surface area contributed by atoms with Crippen LogP contribution in [-0.2, 0) is 0 Å². The Labute approximate surface area is 79.2 Å². The second-order valence-corrected chi connectivity index (χ2v) is 2.64. The van der Waals surface area contributed by atoms with E-state index >= 15 is 0 Å². The average Bonchev–Trinajstić information content (AvgIpc) is 2.08. The number of ether oxygens (including phenoxy) is 1. The topological polar surface area (TPSA) is 78.4 Å². The molecule has 1 unspecified atom stereocenters. The number of benzene rings is 1. The van der Waals surface area contributed by atoms with Gasteiger partial charge in [-0.05, 0) is 24.3 Å². The second-order valence-electron chi connectivity index (χ2n) is 2.26. The summed E-state index contributed by atoms with van der Waals surface area (Å²) in [4.78, 5) is 9.36. The van der Waals surface area contributed by atoms with Crippen LogP contribution in [0, 0.1) is 10.1 Å². The Morgan fingerprint density at radius 2 is 2.00 bits per heavy atom. The van der Waals surface area contributed by atoms with Gasteiger partial charge in [0.25, 0.3) is 0 Å². The average molecular weight is 203 g/mol. The highest BCUT2D eigenvalue weighted by Crippen LogP contribution is 2.15. The Morgan fingerprint density at radius 3 is 2.46 bits per heavy atom. The van der Waals surface area contributed by atoms with E-state index in [1.54, 1.807) is 12.1 Å². The molecular formula is C7H7ClN2O3. The van der Waals surface area contributed by atoms with E-state index in [0.717, 1.165) is 0 Å². The molecule has 0 aromatic heterocycles. The lowest BCUT2D eigenvalue weighted by molar-refractivity contribution is -0.535. The minimum absolute atomic E-state index is 0.311. The molecule has 5 nitrogen and oxygen atoms in total. The summed E-state index contributed by atoms with van der Waals surface area (Å²) in [5, 5.41) is 10.1. The predicted molar refractivity (Wildman–Crippen MR) is 48.1 cm³/mol. The smallest absolute Gasteiger partial charge is 0.418 e. The first kappa shape index (κ1) is 9.60. The quantitative estimate of drug-likeness (QED) is 0.201. The van der Waals surface area contributed by atoms with E-state index in [-0.39, 0.29) is 0 Å². The van der Waals surface area contributed by atoms with Crippen molar-refractivity contribution in [2.24, 2.45) is 0 Å². The molecule has 0 bridgehead atoms. The summed E-state index contributed by atoms with van der Waals surface area (Å²) < 4.78 is 4.74. The zero-order chi connectivity index (χ0) is 9.84. The van der Waals surface area contributed by atoms with Gasteiger partial charge in [0.05, 0.1) is 4.92 Å². The fraction of sp³-hybridized carbons (Fsp3) is 0.143. The molecule has 13 heavy (non-hydrogen) atoms. The molecular weight excluding hydrogens is 196 g/mol. The summed E-state index contributed by atoms with van der Waals surface area (Å²) in [6, 6.07) is 6.15. The summed E-state index contributed by atoms with van der Waals surface area (Å²) in [5.41, 5.74) is 4.38. The first-order valence-corrected chi connectivity index (χ1v) is 3.83. The fourth-order valence-corrected chi connectivity index (χ4v) is 0.805. The molecule has 0 radical (unpaired) electrons. The number of nitrogens with zero attached hydrogens (tertiary/aromatic N) is 1. The molecule has 0 fully saturated rings. The van der Waals surface area contributed by atoms with Crippen LogP contribution in [0.5, 0.6) is 5.75 Å². The van der Waals surface area contributed by atoms with E-state index < -0.39 is 10.6 Å². The standard InChI is InChI=1S/C7H7ClN2O3/c8-7(10(11)12)13-6-3-1-5(9)2-4-6/h1-4,7H,9H2. The summed E-state index contributed by atoms with van der Waals surface area (Å²) in [5.74, 6) is 0.311. The minimum Gasteiger partial charge on any atom is -0.418 e. The molecule has 0 amide bonds. The third-order valence-electron chi connectivity index (χ3n) is 1.28. The van der Waals surface area contributed by atoms with Crippen molar-refractivity contribution in [3.63, 3.8) is 0 Å². The zero-order valence-corrected chi connectivity index (χ0v) is 7.27. The van der Waals surface area contributed by atoms with Crippen molar-refractivity contribution in [1.82, 2.24) is 0 Å². The lowest BCUT2D eigenvalue weighted by Crippen LogP contribution is -2.19. The number of hydrogen-bond acceptors (Lipinski definition) is 4. The van der Waals surface area contributed by atoms with Gasteiger partial charge in [-0.2, -0.15) is 0 Å². The van der Waals surface area contributed by atoms with E-state index in [9.17, 15) is 10.1 Å². The molecule has 0 heterocycles. The Bertz CT molecular complexity index is 301. The minimum atomic E-state index is -1.57. The molecule has 0 saturated carbocycles. The molecule has 0 aliphatic carbocycles. The molecule has 70 valence electrons. The van der Waals surface area contributed by atoms with Gasteiger partial charge in [0, 0.05) is 17.3 Å². The van der Waals surface area contributed by atoms with Gasteiger partial charge < -0.3 is 10.5 Å². The maximum absolute atomic E-state index is 10.1. The predicted octanol–water partition coefficient (Wildman–Crippen LogP) is 1.45. The first-order chi connectivity index (χ1) is 6.09. The van der Waals surface area contributed by atoms with Gasteiger partial charge in [0.15, 0.2) is 0 Å². The van der Waals surface area contributed by atoms with Crippen molar-refractivity contribution in [2.75, 3.05) is 5.73 Å². The van der Waals surface area contributed by atoms with Crippen molar-refractivity contribution in [3.8, 4) is 5.75 Å². The van der Waals surface area contributed by atoms with Crippen LogP contribution in [0.15, 0.2) is 24.3 Å².